The molecule has 0 unspecified atom stereocenters. The van der Waals surface area contributed by atoms with Crippen LogP contribution in [0.1, 0.15) is 24.2 Å². The second-order valence-corrected chi connectivity index (χ2v) is 7.48. The molecule has 2 aromatic rings. The number of nitro benzene ring substituents is 1. The third-order valence-electron chi connectivity index (χ3n) is 4.26. The Balaban J connectivity index is 2.06. The molecule has 0 radical (unpaired) electrons. The van der Waals surface area contributed by atoms with Gasteiger partial charge in [-0.05, 0) is 31.5 Å². The Kier molecular flexibility index (Phi) is 3.73. The number of fused-ring (bicyclic) bond motifs is 1. The maximum atomic E-state index is 13.0. The predicted molar refractivity (Wildman–Crippen MR) is 84.6 cm³/mol. The first-order chi connectivity index (χ1) is 10.8. The van der Waals surface area contributed by atoms with Gasteiger partial charge in [0.15, 0.2) is 0 Å². The molecule has 0 fully saturated rings. The Morgan fingerprint density at radius 3 is 2.70 bits per heavy atom. The summed E-state index contributed by atoms with van der Waals surface area (Å²) in [6.45, 7) is 4.39. The first kappa shape index (κ1) is 15.7. The Morgan fingerprint density at radius 2 is 2.00 bits per heavy atom. The van der Waals surface area contributed by atoms with Crippen LogP contribution in [0.25, 0.3) is 0 Å². The van der Waals surface area contributed by atoms with E-state index in [9.17, 15) is 18.5 Å². The van der Waals surface area contributed by atoms with E-state index in [-0.39, 0.29) is 16.6 Å². The van der Waals surface area contributed by atoms with Crippen molar-refractivity contribution >= 4 is 15.7 Å². The Bertz CT molecular complexity index is 873. The average molecular weight is 335 g/mol. The number of rotatable bonds is 3. The lowest BCUT2D eigenvalue weighted by Crippen LogP contribution is -2.40. The molecule has 0 saturated heterocycles. The highest BCUT2D eigenvalue weighted by Crippen LogP contribution is 2.33. The molecule has 0 bridgehead atoms. The fourth-order valence-electron chi connectivity index (χ4n) is 2.99. The molecule has 23 heavy (non-hydrogen) atoms. The van der Waals surface area contributed by atoms with Gasteiger partial charge in [-0.25, -0.2) is 8.42 Å². The Morgan fingerprint density at radius 1 is 1.26 bits per heavy atom. The third-order valence-corrected chi connectivity index (χ3v) is 6.37. The third kappa shape index (κ3) is 2.53. The Labute approximate surface area is 134 Å². The highest BCUT2D eigenvalue weighted by atomic mass is 32.2. The van der Waals surface area contributed by atoms with Crippen LogP contribution < -0.4 is 0 Å². The minimum Gasteiger partial charge on any atom is -0.349 e. The van der Waals surface area contributed by atoms with Gasteiger partial charge in [0, 0.05) is 37.1 Å². The van der Waals surface area contributed by atoms with Gasteiger partial charge >= 0.3 is 0 Å². The standard InChI is InChI=1S/C15H17N3O4S/c1-11-5-6-13(18(19)20)10-15(11)23(21,22)17-9-8-16-7-3-4-14(16)12(17)2/h3-7,10,12H,8-9H2,1-2H3/t12-/m1/s1. The van der Waals surface area contributed by atoms with Crippen LogP contribution in [0.3, 0.4) is 0 Å². The van der Waals surface area contributed by atoms with E-state index < -0.39 is 14.9 Å². The Hall–Kier alpha value is -2.19. The summed E-state index contributed by atoms with van der Waals surface area (Å²) in [4.78, 5) is 10.4. The average Bonchev–Trinajstić information content (AvgIpc) is 2.96. The summed E-state index contributed by atoms with van der Waals surface area (Å²) in [6, 6.07) is 7.40. The minimum absolute atomic E-state index is 0.00134. The van der Waals surface area contributed by atoms with E-state index >= 15 is 0 Å². The van der Waals surface area contributed by atoms with Gasteiger partial charge in [-0.1, -0.05) is 6.07 Å². The lowest BCUT2D eigenvalue weighted by molar-refractivity contribution is -0.385. The number of benzene rings is 1. The number of hydrogen-bond donors (Lipinski definition) is 0. The van der Waals surface area contributed by atoms with Crippen LogP contribution in [0.2, 0.25) is 0 Å². The second-order valence-electron chi connectivity index (χ2n) is 5.63. The first-order valence-corrected chi connectivity index (χ1v) is 8.68. The van der Waals surface area contributed by atoms with E-state index in [1.165, 1.54) is 16.4 Å². The van der Waals surface area contributed by atoms with E-state index in [2.05, 4.69) is 0 Å². The van der Waals surface area contributed by atoms with Gasteiger partial charge in [-0.15, -0.1) is 0 Å². The lowest BCUT2D eigenvalue weighted by atomic mass is 10.2. The summed E-state index contributed by atoms with van der Waals surface area (Å²) < 4.78 is 29.5. The summed E-state index contributed by atoms with van der Waals surface area (Å²) in [5.74, 6) is 0. The van der Waals surface area contributed by atoms with Gasteiger partial charge in [0.2, 0.25) is 10.0 Å². The van der Waals surface area contributed by atoms with E-state index in [1.54, 1.807) is 6.92 Å². The maximum absolute atomic E-state index is 13.0. The highest BCUT2D eigenvalue weighted by molar-refractivity contribution is 7.89. The summed E-state index contributed by atoms with van der Waals surface area (Å²) in [5.41, 5.74) is 1.20. The van der Waals surface area contributed by atoms with Crippen LogP contribution in [0.15, 0.2) is 41.4 Å². The molecule has 7 nitrogen and oxygen atoms in total. The van der Waals surface area contributed by atoms with Crippen LogP contribution in [0.5, 0.6) is 0 Å². The fraction of sp³-hybridized carbons (Fsp3) is 0.333. The maximum Gasteiger partial charge on any atom is 0.270 e. The number of aromatic nitrogens is 1. The molecule has 0 aliphatic carbocycles. The van der Waals surface area contributed by atoms with Gasteiger partial charge in [0.05, 0.1) is 15.9 Å². The van der Waals surface area contributed by atoms with Crippen molar-refractivity contribution in [3.8, 4) is 0 Å². The zero-order valence-corrected chi connectivity index (χ0v) is 13.7. The van der Waals surface area contributed by atoms with Crippen molar-refractivity contribution in [3.63, 3.8) is 0 Å². The van der Waals surface area contributed by atoms with Crippen LogP contribution in [-0.4, -0.2) is 28.8 Å². The lowest BCUT2D eigenvalue weighted by Gasteiger charge is -2.34. The van der Waals surface area contributed by atoms with Gasteiger partial charge in [-0.2, -0.15) is 4.31 Å². The summed E-state index contributed by atoms with van der Waals surface area (Å²) in [6.07, 6.45) is 1.93. The van der Waals surface area contributed by atoms with Crippen LogP contribution in [0.4, 0.5) is 5.69 Å². The molecular weight excluding hydrogens is 318 g/mol. The molecule has 2 heterocycles. The normalized spacial score (nSPS) is 18.6. The molecule has 1 atom stereocenters. The number of nitro groups is 1. The zero-order valence-electron chi connectivity index (χ0n) is 12.8. The number of non-ortho nitro benzene ring substituents is 1. The fourth-order valence-corrected chi connectivity index (χ4v) is 4.84. The van der Waals surface area contributed by atoms with Crippen molar-refractivity contribution < 1.29 is 13.3 Å². The minimum atomic E-state index is -3.80. The molecule has 3 rings (SSSR count). The molecule has 0 spiro atoms. The van der Waals surface area contributed by atoms with Crippen molar-refractivity contribution in [1.29, 1.82) is 0 Å². The van der Waals surface area contributed by atoms with E-state index in [0.29, 0.717) is 18.7 Å². The SMILES string of the molecule is Cc1ccc([N+](=O)[O-])cc1S(=O)(=O)N1CCn2cccc2[C@H]1C. The molecule has 1 aromatic heterocycles. The van der Waals surface area contributed by atoms with Crippen molar-refractivity contribution in [2.24, 2.45) is 0 Å². The predicted octanol–water partition coefficient (Wildman–Crippen LogP) is 2.47. The topological polar surface area (TPSA) is 85.4 Å². The van der Waals surface area contributed by atoms with Crippen molar-refractivity contribution in [1.82, 2.24) is 8.87 Å². The van der Waals surface area contributed by atoms with Gasteiger partial charge in [-0.3, -0.25) is 10.1 Å². The van der Waals surface area contributed by atoms with Gasteiger partial charge in [0.25, 0.3) is 5.69 Å². The monoisotopic (exact) mass is 335 g/mol. The molecule has 0 saturated carbocycles. The quantitative estimate of drug-likeness (QED) is 0.637. The summed E-state index contributed by atoms with van der Waals surface area (Å²) in [5, 5.41) is 11.0. The van der Waals surface area contributed by atoms with Crippen molar-refractivity contribution in [2.45, 2.75) is 31.3 Å². The highest BCUT2D eigenvalue weighted by Gasteiger charge is 2.35. The largest absolute Gasteiger partial charge is 0.349 e. The molecule has 0 amide bonds. The van der Waals surface area contributed by atoms with Crippen molar-refractivity contribution in [2.75, 3.05) is 6.54 Å². The molecule has 122 valence electrons. The molecule has 1 aliphatic heterocycles. The van der Waals surface area contributed by atoms with Crippen LogP contribution in [0, 0.1) is 17.0 Å². The smallest absolute Gasteiger partial charge is 0.270 e. The van der Waals surface area contributed by atoms with Crippen LogP contribution >= 0.6 is 0 Å². The molecule has 0 N–H and O–H groups in total. The molecule has 8 heteroatoms. The molecular formula is C15H17N3O4S. The van der Waals surface area contributed by atoms with Gasteiger partial charge in [0.1, 0.15) is 0 Å². The second kappa shape index (κ2) is 5.47. The number of hydrogen-bond acceptors (Lipinski definition) is 4. The molecule has 1 aliphatic rings. The van der Waals surface area contributed by atoms with Crippen LogP contribution in [-0.2, 0) is 16.6 Å². The van der Waals surface area contributed by atoms with E-state index in [1.807, 2.05) is 29.8 Å². The molecule has 1 aromatic carbocycles. The number of nitrogens with zero attached hydrogens (tertiary/aromatic N) is 3. The van der Waals surface area contributed by atoms with Crippen molar-refractivity contribution in [3.05, 3.63) is 57.9 Å². The number of sulfonamides is 1. The van der Waals surface area contributed by atoms with Gasteiger partial charge < -0.3 is 4.57 Å². The van der Waals surface area contributed by atoms with E-state index in [0.717, 1.165) is 11.8 Å². The zero-order chi connectivity index (χ0) is 16.8. The first-order valence-electron chi connectivity index (χ1n) is 7.24. The summed E-state index contributed by atoms with van der Waals surface area (Å²) in [7, 11) is -3.80. The number of aryl methyl sites for hydroxylation is 1. The van der Waals surface area contributed by atoms with E-state index in [4.69, 9.17) is 0 Å². The summed E-state index contributed by atoms with van der Waals surface area (Å²) >= 11 is 0.